The lowest BCUT2D eigenvalue weighted by molar-refractivity contribution is -0.154. The topological polar surface area (TPSA) is 66.8 Å². The fourth-order valence-corrected chi connectivity index (χ4v) is 4.28. The number of carbonyl (C=O) groups excluding carboxylic acids is 1. The normalized spacial score (nSPS) is 17.7. The van der Waals surface area contributed by atoms with E-state index in [1.54, 1.807) is 34.1 Å². The van der Waals surface area contributed by atoms with Crippen LogP contribution >= 0.6 is 23.1 Å². The lowest BCUT2D eigenvalue weighted by Crippen LogP contribution is -2.48. The van der Waals surface area contributed by atoms with E-state index in [1.807, 2.05) is 29.6 Å². The van der Waals surface area contributed by atoms with Gasteiger partial charge in [-0.25, -0.2) is 4.79 Å². The summed E-state index contributed by atoms with van der Waals surface area (Å²) >= 11 is 3.31. The van der Waals surface area contributed by atoms with Gasteiger partial charge in [0.1, 0.15) is 0 Å². The Labute approximate surface area is 148 Å². The van der Waals surface area contributed by atoms with E-state index in [9.17, 15) is 9.59 Å². The zero-order valence-corrected chi connectivity index (χ0v) is 14.5. The number of carbonyl (C=O) groups is 2. The van der Waals surface area contributed by atoms with E-state index in [0.29, 0.717) is 12.1 Å². The van der Waals surface area contributed by atoms with Crippen LogP contribution in [-0.2, 0) is 15.3 Å². The standard InChI is InChI=1S/C17H17NO4S2/c19-16(18-7-8-22-14(10-18)17(20)21)13-5-1-2-6-15(13)24-11-12-4-3-9-23-12/h1-6,9,14H,7-8,10-11H2,(H,20,21). The minimum Gasteiger partial charge on any atom is -0.479 e. The van der Waals surface area contributed by atoms with Crippen molar-refractivity contribution in [2.24, 2.45) is 0 Å². The van der Waals surface area contributed by atoms with Gasteiger partial charge in [-0.2, -0.15) is 0 Å². The Kier molecular flexibility index (Phi) is 5.55. The summed E-state index contributed by atoms with van der Waals surface area (Å²) in [5, 5.41) is 11.1. The van der Waals surface area contributed by atoms with E-state index >= 15 is 0 Å². The monoisotopic (exact) mass is 363 g/mol. The fourth-order valence-electron chi connectivity index (χ4n) is 2.47. The lowest BCUT2D eigenvalue weighted by atomic mass is 10.1. The number of benzene rings is 1. The summed E-state index contributed by atoms with van der Waals surface area (Å²) in [6.07, 6.45) is -0.950. The molecule has 2 heterocycles. The number of amides is 1. The number of aliphatic carboxylic acids is 1. The van der Waals surface area contributed by atoms with Crippen molar-refractivity contribution < 1.29 is 19.4 Å². The van der Waals surface area contributed by atoms with Crippen LogP contribution < -0.4 is 0 Å². The smallest absolute Gasteiger partial charge is 0.334 e. The number of hydrogen-bond acceptors (Lipinski definition) is 5. The molecule has 0 spiro atoms. The molecular formula is C17H17NO4S2. The van der Waals surface area contributed by atoms with Gasteiger partial charge in [0.05, 0.1) is 18.7 Å². The number of ether oxygens (including phenoxy) is 1. The predicted molar refractivity (Wildman–Crippen MR) is 93.6 cm³/mol. The lowest BCUT2D eigenvalue weighted by Gasteiger charge is -2.31. The molecule has 1 atom stereocenters. The number of nitrogens with zero attached hydrogens (tertiary/aromatic N) is 1. The average molecular weight is 363 g/mol. The maximum absolute atomic E-state index is 12.8. The molecule has 126 valence electrons. The van der Waals surface area contributed by atoms with Crippen molar-refractivity contribution in [3.8, 4) is 0 Å². The Bertz CT molecular complexity index is 717. The summed E-state index contributed by atoms with van der Waals surface area (Å²) in [7, 11) is 0. The van der Waals surface area contributed by atoms with Gasteiger partial charge in [0.2, 0.25) is 0 Å². The Morgan fingerprint density at radius 3 is 2.88 bits per heavy atom. The molecular weight excluding hydrogens is 346 g/mol. The molecule has 3 rings (SSSR count). The molecule has 1 amide bonds. The minimum absolute atomic E-state index is 0.0814. The Morgan fingerprint density at radius 2 is 2.12 bits per heavy atom. The predicted octanol–water partition coefficient (Wildman–Crippen LogP) is 2.97. The van der Waals surface area contributed by atoms with Gasteiger partial charge < -0.3 is 14.7 Å². The third-order valence-corrected chi connectivity index (χ3v) is 5.88. The van der Waals surface area contributed by atoms with Crippen molar-refractivity contribution in [3.63, 3.8) is 0 Å². The highest BCUT2D eigenvalue weighted by atomic mass is 32.2. The molecule has 1 aliphatic heterocycles. The van der Waals surface area contributed by atoms with E-state index in [-0.39, 0.29) is 19.1 Å². The molecule has 1 N–H and O–H groups in total. The molecule has 7 heteroatoms. The molecule has 1 fully saturated rings. The molecule has 1 aromatic carbocycles. The van der Waals surface area contributed by atoms with E-state index < -0.39 is 12.1 Å². The molecule has 1 saturated heterocycles. The van der Waals surface area contributed by atoms with Crippen molar-refractivity contribution in [3.05, 3.63) is 52.2 Å². The average Bonchev–Trinajstić information content (AvgIpc) is 3.13. The van der Waals surface area contributed by atoms with Crippen LogP contribution in [0.4, 0.5) is 0 Å². The van der Waals surface area contributed by atoms with Crippen LogP contribution in [0.15, 0.2) is 46.7 Å². The summed E-state index contributed by atoms with van der Waals surface area (Å²) in [6.45, 7) is 0.734. The zero-order chi connectivity index (χ0) is 16.9. The van der Waals surface area contributed by atoms with Crippen LogP contribution in [0.5, 0.6) is 0 Å². The maximum atomic E-state index is 12.8. The first-order valence-corrected chi connectivity index (χ1v) is 9.39. The zero-order valence-electron chi connectivity index (χ0n) is 12.9. The first kappa shape index (κ1) is 17.0. The molecule has 24 heavy (non-hydrogen) atoms. The number of carboxylic acid groups (broad SMARTS) is 1. The molecule has 2 aromatic rings. The van der Waals surface area contributed by atoms with Gasteiger partial charge in [-0.05, 0) is 23.6 Å². The molecule has 0 bridgehead atoms. The van der Waals surface area contributed by atoms with E-state index in [4.69, 9.17) is 9.84 Å². The first-order chi connectivity index (χ1) is 11.6. The summed E-state index contributed by atoms with van der Waals surface area (Å²) in [4.78, 5) is 27.6. The van der Waals surface area contributed by atoms with Crippen LogP contribution in [0.25, 0.3) is 0 Å². The number of thioether (sulfide) groups is 1. The highest BCUT2D eigenvalue weighted by molar-refractivity contribution is 7.98. The van der Waals surface area contributed by atoms with Gasteiger partial charge in [-0.1, -0.05) is 18.2 Å². The second kappa shape index (κ2) is 7.83. The number of rotatable bonds is 5. The molecule has 1 aromatic heterocycles. The summed E-state index contributed by atoms with van der Waals surface area (Å²) in [6, 6.07) is 11.5. The van der Waals surface area contributed by atoms with Crippen molar-refractivity contribution in [2.75, 3.05) is 19.7 Å². The quantitative estimate of drug-likeness (QED) is 0.828. The van der Waals surface area contributed by atoms with E-state index in [0.717, 1.165) is 10.6 Å². The van der Waals surface area contributed by atoms with Crippen molar-refractivity contribution in [1.82, 2.24) is 4.90 Å². The third-order valence-electron chi connectivity index (χ3n) is 3.70. The van der Waals surface area contributed by atoms with Gasteiger partial charge in [0, 0.05) is 22.1 Å². The second-order valence-electron chi connectivity index (χ2n) is 5.31. The second-order valence-corrected chi connectivity index (χ2v) is 7.36. The minimum atomic E-state index is -1.03. The molecule has 0 aliphatic carbocycles. The molecule has 1 aliphatic rings. The van der Waals surface area contributed by atoms with E-state index in [2.05, 4.69) is 6.07 Å². The van der Waals surface area contributed by atoms with Crippen LogP contribution in [0, 0.1) is 0 Å². The fraction of sp³-hybridized carbons (Fsp3) is 0.294. The van der Waals surface area contributed by atoms with Crippen molar-refractivity contribution >= 4 is 35.0 Å². The van der Waals surface area contributed by atoms with Gasteiger partial charge in [-0.15, -0.1) is 23.1 Å². The van der Waals surface area contributed by atoms with Crippen LogP contribution in [0.3, 0.4) is 0 Å². The largest absolute Gasteiger partial charge is 0.479 e. The molecule has 1 unspecified atom stereocenters. The van der Waals surface area contributed by atoms with Gasteiger partial charge in [0.25, 0.3) is 5.91 Å². The van der Waals surface area contributed by atoms with Crippen molar-refractivity contribution in [2.45, 2.75) is 16.8 Å². The van der Waals surface area contributed by atoms with Gasteiger partial charge in [0.15, 0.2) is 6.10 Å². The SMILES string of the molecule is O=C(O)C1CN(C(=O)c2ccccc2SCc2cccs2)CCO1. The number of morpholine rings is 1. The van der Waals surface area contributed by atoms with Gasteiger partial charge in [-0.3, -0.25) is 4.79 Å². The van der Waals surface area contributed by atoms with E-state index in [1.165, 1.54) is 4.88 Å². The number of thiophene rings is 1. The highest BCUT2D eigenvalue weighted by Crippen LogP contribution is 2.29. The number of hydrogen-bond donors (Lipinski definition) is 1. The summed E-state index contributed by atoms with van der Waals surface area (Å²) in [5.74, 6) is -0.366. The summed E-state index contributed by atoms with van der Waals surface area (Å²) < 4.78 is 5.19. The van der Waals surface area contributed by atoms with Crippen LogP contribution in [0.1, 0.15) is 15.2 Å². The van der Waals surface area contributed by atoms with Crippen LogP contribution in [-0.4, -0.2) is 47.7 Å². The Hall–Kier alpha value is -1.83. The Morgan fingerprint density at radius 1 is 1.29 bits per heavy atom. The van der Waals surface area contributed by atoms with Crippen molar-refractivity contribution in [1.29, 1.82) is 0 Å². The molecule has 5 nitrogen and oxygen atoms in total. The third kappa shape index (κ3) is 3.98. The number of carboxylic acids is 1. The van der Waals surface area contributed by atoms with Crippen LogP contribution in [0.2, 0.25) is 0 Å². The Balaban J connectivity index is 1.73. The van der Waals surface area contributed by atoms with Gasteiger partial charge >= 0.3 is 5.97 Å². The molecule has 0 saturated carbocycles. The molecule has 0 radical (unpaired) electrons. The maximum Gasteiger partial charge on any atom is 0.334 e. The summed E-state index contributed by atoms with van der Waals surface area (Å²) in [5.41, 5.74) is 0.616. The first-order valence-electron chi connectivity index (χ1n) is 7.53. The highest BCUT2D eigenvalue weighted by Gasteiger charge is 2.30.